The monoisotopic (exact) mass is 296 g/mol. The molecule has 9 heteroatoms. The molecule has 0 bridgehead atoms. The van der Waals surface area contributed by atoms with E-state index in [-0.39, 0.29) is 5.91 Å². The quantitative estimate of drug-likeness (QED) is 0.724. The molecule has 0 atom stereocenters. The molecule has 4 N–H and O–H groups in total. The van der Waals surface area contributed by atoms with Crippen molar-refractivity contribution < 1.29 is 27.9 Å². The van der Waals surface area contributed by atoms with Crippen LogP contribution < -0.4 is 11.1 Å². The number of hydrogen-bond acceptors (Lipinski definition) is 4. The van der Waals surface area contributed by atoms with E-state index in [9.17, 15) is 18.0 Å². The number of amides is 1. The Kier molecular flexibility index (Phi) is 4.90. The minimum absolute atomic E-state index is 0.311. The lowest BCUT2D eigenvalue weighted by atomic mass is 10.1. The van der Waals surface area contributed by atoms with Crippen LogP contribution in [0.25, 0.3) is 0 Å². The van der Waals surface area contributed by atoms with Gasteiger partial charge in [0.1, 0.15) is 0 Å². The summed E-state index contributed by atoms with van der Waals surface area (Å²) in [7, 11) is 0. The molecule has 1 aliphatic heterocycles. The summed E-state index contributed by atoms with van der Waals surface area (Å²) < 4.78 is 31.7. The van der Waals surface area contributed by atoms with Crippen LogP contribution in [0.4, 0.5) is 13.2 Å². The first kappa shape index (κ1) is 15.4. The zero-order chi connectivity index (χ0) is 14.6. The fourth-order valence-corrected chi connectivity index (χ4v) is 2.41. The average Bonchev–Trinajstić information content (AvgIpc) is 2.72. The summed E-state index contributed by atoms with van der Waals surface area (Å²) >= 11 is 1.53. The molecule has 5 nitrogen and oxygen atoms in total. The molecule has 1 amide bonds. The minimum atomic E-state index is -5.08. The van der Waals surface area contributed by atoms with Gasteiger partial charge in [0.2, 0.25) is 0 Å². The lowest BCUT2D eigenvalue weighted by Crippen LogP contribution is -2.21. The lowest BCUT2D eigenvalue weighted by molar-refractivity contribution is -0.192. The number of nitrogens with two attached hydrogens (primary N) is 1. The maximum Gasteiger partial charge on any atom is 0.490 e. The molecule has 0 aromatic carbocycles. The summed E-state index contributed by atoms with van der Waals surface area (Å²) in [6, 6.07) is 1.90. The van der Waals surface area contributed by atoms with E-state index < -0.39 is 12.1 Å². The first-order valence-electron chi connectivity index (χ1n) is 5.14. The number of nitrogens with one attached hydrogen (secondary N) is 1. The molecule has 19 heavy (non-hydrogen) atoms. The molecule has 1 aliphatic rings. The first-order chi connectivity index (χ1) is 8.71. The molecular formula is C10H11F3N2O3S. The molecule has 0 saturated heterocycles. The average molecular weight is 296 g/mol. The van der Waals surface area contributed by atoms with Crippen molar-refractivity contribution in [2.75, 3.05) is 6.54 Å². The minimum Gasteiger partial charge on any atom is -0.475 e. The van der Waals surface area contributed by atoms with Crippen molar-refractivity contribution in [3.8, 4) is 0 Å². The highest BCUT2D eigenvalue weighted by Gasteiger charge is 2.38. The summed E-state index contributed by atoms with van der Waals surface area (Å²) in [5.74, 6) is -3.07. The second-order valence-electron chi connectivity index (χ2n) is 3.65. The van der Waals surface area contributed by atoms with Gasteiger partial charge in [0.15, 0.2) is 0 Å². The summed E-state index contributed by atoms with van der Waals surface area (Å²) in [6.07, 6.45) is -4.06. The second kappa shape index (κ2) is 6.02. The van der Waals surface area contributed by atoms with E-state index in [0.29, 0.717) is 4.88 Å². The Hall–Kier alpha value is -1.61. The Morgan fingerprint density at radius 2 is 2.00 bits per heavy atom. The summed E-state index contributed by atoms with van der Waals surface area (Å²) in [4.78, 5) is 21.7. The Balaban J connectivity index is 0.000000224. The molecule has 106 valence electrons. The van der Waals surface area contributed by atoms with Crippen LogP contribution >= 0.6 is 11.3 Å². The SMILES string of the molecule is NC(=O)c1cc2c(s1)CCNC2.O=C(O)C(F)(F)F. The van der Waals surface area contributed by atoms with Gasteiger partial charge >= 0.3 is 12.1 Å². The molecule has 0 radical (unpaired) electrons. The van der Waals surface area contributed by atoms with Crippen LogP contribution in [-0.4, -0.2) is 29.7 Å². The highest BCUT2D eigenvalue weighted by atomic mass is 32.1. The molecule has 0 unspecified atom stereocenters. The van der Waals surface area contributed by atoms with Crippen LogP contribution in [0.15, 0.2) is 6.07 Å². The number of thiophene rings is 1. The molecule has 0 aliphatic carbocycles. The number of carbonyl (C=O) groups excluding carboxylic acids is 1. The van der Waals surface area contributed by atoms with Crippen molar-refractivity contribution in [2.24, 2.45) is 5.73 Å². The number of alkyl halides is 3. The first-order valence-corrected chi connectivity index (χ1v) is 5.95. The van der Waals surface area contributed by atoms with E-state index >= 15 is 0 Å². The van der Waals surface area contributed by atoms with E-state index in [4.69, 9.17) is 15.6 Å². The van der Waals surface area contributed by atoms with Gasteiger partial charge in [-0.05, 0) is 18.1 Å². The van der Waals surface area contributed by atoms with Crippen molar-refractivity contribution in [2.45, 2.75) is 19.1 Å². The van der Waals surface area contributed by atoms with E-state index in [1.807, 2.05) is 6.07 Å². The number of hydrogen-bond donors (Lipinski definition) is 3. The normalized spacial score (nSPS) is 14.1. The van der Waals surface area contributed by atoms with E-state index in [0.717, 1.165) is 19.5 Å². The molecule has 0 saturated carbocycles. The third-order valence-corrected chi connectivity index (χ3v) is 3.48. The second-order valence-corrected chi connectivity index (χ2v) is 4.79. The Morgan fingerprint density at radius 3 is 2.42 bits per heavy atom. The third kappa shape index (κ3) is 4.52. The van der Waals surface area contributed by atoms with Crippen LogP contribution in [-0.2, 0) is 17.8 Å². The van der Waals surface area contributed by atoms with Crippen molar-refractivity contribution in [1.82, 2.24) is 5.32 Å². The van der Waals surface area contributed by atoms with Crippen LogP contribution in [0.5, 0.6) is 0 Å². The predicted molar refractivity (Wildman–Crippen MR) is 61.9 cm³/mol. The van der Waals surface area contributed by atoms with Gasteiger partial charge in [-0.15, -0.1) is 11.3 Å². The molecule has 2 rings (SSSR count). The van der Waals surface area contributed by atoms with Crippen molar-refractivity contribution >= 4 is 23.2 Å². The van der Waals surface area contributed by atoms with Gasteiger partial charge in [0.25, 0.3) is 5.91 Å². The lowest BCUT2D eigenvalue weighted by Gasteiger charge is -2.10. The molecule has 1 aromatic heterocycles. The highest BCUT2D eigenvalue weighted by molar-refractivity contribution is 7.14. The van der Waals surface area contributed by atoms with Crippen molar-refractivity contribution in [1.29, 1.82) is 0 Å². The van der Waals surface area contributed by atoms with Crippen LogP contribution in [0, 0.1) is 0 Å². The zero-order valence-electron chi connectivity index (χ0n) is 9.58. The number of carbonyl (C=O) groups is 2. The van der Waals surface area contributed by atoms with Crippen LogP contribution in [0.1, 0.15) is 20.1 Å². The van der Waals surface area contributed by atoms with Gasteiger partial charge in [-0.2, -0.15) is 13.2 Å². The van der Waals surface area contributed by atoms with Gasteiger partial charge in [-0.3, -0.25) is 4.79 Å². The number of fused-ring (bicyclic) bond motifs is 1. The van der Waals surface area contributed by atoms with Crippen LogP contribution in [0.2, 0.25) is 0 Å². The summed E-state index contributed by atoms with van der Waals surface area (Å²) in [5.41, 5.74) is 6.41. The molecule has 0 fully saturated rings. The van der Waals surface area contributed by atoms with E-state index in [2.05, 4.69) is 5.32 Å². The van der Waals surface area contributed by atoms with E-state index in [1.165, 1.54) is 21.8 Å². The third-order valence-electron chi connectivity index (χ3n) is 2.23. The largest absolute Gasteiger partial charge is 0.490 e. The number of halogens is 3. The number of carboxylic acid groups (broad SMARTS) is 1. The number of aliphatic carboxylic acids is 1. The number of primary amides is 1. The van der Waals surface area contributed by atoms with Gasteiger partial charge < -0.3 is 16.2 Å². The van der Waals surface area contributed by atoms with Crippen LogP contribution in [0.3, 0.4) is 0 Å². The van der Waals surface area contributed by atoms with Gasteiger partial charge in [-0.1, -0.05) is 0 Å². The Morgan fingerprint density at radius 1 is 1.42 bits per heavy atom. The number of rotatable bonds is 1. The topological polar surface area (TPSA) is 92.4 Å². The number of carboxylic acids is 1. The maximum atomic E-state index is 10.8. The Bertz CT molecular complexity index is 461. The van der Waals surface area contributed by atoms with Gasteiger partial charge in [0.05, 0.1) is 4.88 Å². The fourth-order valence-electron chi connectivity index (χ4n) is 1.37. The predicted octanol–water partition coefficient (Wildman–Crippen LogP) is 1.13. The maximum absolute atomic E-state index is 10.8. The summed E-state index contributed by atoms with van der Waals surface area (Å²) in [5, 5.41) is 10.4. The molecule has 2 heterocycles. The molecule has 1 aromatic rings. The molecule has 0 spiro atoms. The molecular weight excluding hydrogens is 285 g/mol. The standard InChI is InChI=1S/C8H10N2OS.C2HF3O2/c9-8(11)7-3-5-4-10-2-1-6(5)12-7;3-2(4,5)1(6)7/h3,10H,1-2,4H2,(H2,9,11);(H,6,7). The smallest absolute Gasteiger partial charge is 0.475 e. The van der Waals surface area contributed by atoms with Gasteiger partial charge in [0, 0.05) is 18.0 Å². The fraction of sp³-hybridized carbons (Fsp3) is 0.400. The van der Waals surface area contributed by atoms with Crippen molar-refractivity contribution in [3.63, 3.8) is 0 Å². The zero-order valence-corrected chi connectivity index (χ0v) is 10.4. The van der Waals surface area contributed by atoms with Crippen molar-refractivity contribution in [3.05, 3.63) is 21.4 Å². The van der Waals surface area contributed by atoms with E-state index in [1.54, 1.807) is 0 Å². The van der Waals surface area contributed by atoms with Gasteiger partial charge in [-0.25, -0.2) is 4.79 Å². The Labute approximate surface area is 110 Å². The summed E-state index contributed by atoms with van der Waals surface area (Å²) in [6.45, 7) is 1.88. The highest BCUT2D eigenvalue weighted by Crippen LogP contribution is 2.24.